The monoisotopic (exact) mass is 320 g/mol. The number of benzene rings is 1. The van der Waals surface area contributed by atoms with Crippen molar-refractivity contribution < 1.29 is 4.74 Å². The minimum Gasteiger partial charge on any atom is -0.492 e. The number of rotatable bonds is 8. The molecule has 130 valence electrons. The van der Waals surface area contributed by atoms with Gasteiger partial charge in [-0.2, -0.15) is 0 Å². The Morgan fingerprint density at radius 3 is 2.61 bits per heavy atom. The van der Waals surface area contributed by atoms with Crippen LogP contribution >= 0.6 is 0 Å². The highest BCUT2D eigenvalue weighted by molar-refractivity contribution is 5.79. The zero-order valence-electron chi connectivity index (χ0n) is 15.4. The first-order valence-electron chi connectivity index (χ1n) is 8.26. The largest absolute Gasteiger partial charge is 0.492 e. The van der Waals surface area contributed by atoms with Gasteiger partial charge in [-0.1, -0.05) is 26.0 Å². The SMILES string of the molecule is CN=C(NCc1cccc(OCCN(C)C)c1)NC(C)C(C)C. The second-order valence-corrected chi connectivity index (χ2v) is 6.40. The predicted molar refractivity (Wildman–Crippen MR) is 98.1 cm³/mol. The van der Waals surface area contributed by atoms with Crippen LogP contribution in [-0.4, -0.2) is 51.2 Å². The van der Waals surface area contributed by atoms with E-state index in [-0.39, 0.29) is 0 Å². The van der Waals surface area contributed by atoms with Crippen LogP contribution in [0.5, 0.6) is 5.75 Å². The van der Waals surface area contributed by atoms with Crippen molar-refractivity contribution in [2.24, 2.45) is 10.9 Å². The molecule has 0 amide bonds. The quantitative estimate of drug-likeness (QED) is 0.570. The topological polar surface area (TPSA) is 48.9 Å². The summed E-state index contributed by atoms with van der Waals surface area (Å²) < 4.78 is 5.77. The highest BCUT2D eigenvalue weighted by atomic mass is 16.5. The maximum atomic E-state index is 5.77. The number of nitrogens with zero attached hydrogens (tertiary/aromatic N) is 2. The number of guanidine groups is 1. The van der Waals surface area contributed by atoms with Gasteiger partial charge in [-0.15, -0.1) is 0 Å². The summed E-state index contributed by atoms with van der Waals surface area (Å²) in [4.78, 5) is 6.38. The fourth-order valence-corrected chi connectivity index (χ4v) is 1.85. The molecule has 0 aliphatic rings. The Morgan fingerprint density at radius 2 is 2.00 bits per heavy atom. The maximum absolute atomic E-state index is 5.77. The van der Waals surface area contributed by atoms with Gasteiger partial charge in [0.1, 0.15) is 12.4 Å². The Morgan fingerprint density at radius 1 is 1.26 bits per heavy atom. The van der Waals surface area contributed by atoms with E-state index in [0.717, 1.165) is 24.8 Å². The molecule has 0 saturated heterocycles. The van der Waals surface area contributed by atoms with Crippen LogP contribution in [0.3, 0.4) is 0 Å². The summed E-state index contributed by atoms with van der Waals surface area (Å²) in [7, 11) is 5.88. The van der Waals surface area contributed by atoms with Crippen molar-refractivity contribution in [3.8, 4) is 5.75 Å². The van der Waals surface area contributed by atoms with E-state index in [2.05, 4.69) is 53.4 Å². The zero-order chi connectivity index (χ0) is 17.2. The molecule has 0 bridgehead atoms. The van der Waals surface area contributed by atoms with Gasteiger partial charge in [0.25, 0.3) is 0 Å². The lowest BCUT2D eigenvalue weighted by Gasteiger charge is -2.20. The highest BCUT2D eigenvalue weighted by Crippen LogP contribution is 2.13. The van der Waals surface area contributed by atoms with Crippen molar-refractivity contribution in [1.82, 2.24) is 15.5 Å². The lowest BCUT2D eigenvalue weighted by Crippen LogP contribution is -2.43. The maximum Gasteiger partial charge on any atom is 0.191 e. The second kappa shape index (κ2) is 10.1. The molecule has 2 N–H and O–H groups in total. The van der Waals surface area contributed by atoms with E-state index in [9.17, 15) is 0 Å². The second-order valence-electron chi connectivity index (χ2n) is 6.40. The molecule has 0 aliphatic heterocycles. The minimum atomic E-state index is 0.377. The fraction of sp³-hybridized carbons (Fsp3) is 0.611. The summed E-state index contributed by atoms with van der Waals surface area (Å²) >= 11 is 0. The number of hydrogen-bond acceptors (Lipinski definition) is 3. The number of ether oxygens (including phenoxy) is 1. The van der Waals surface area contributed by atoms with Gasteiger partial charge in [0.15, 0.2) is 5.96 Å². The van der Waals surface area contributed by atoms with Crippen LogP contribution in [0.2, 0.25) is 0 Å². The van der Waals surface area contributed by atoms with E-state index in [4.69, 9.17) is 4.74 Å². The van der Waals surface area contributed by atoms with Crippen molar-refractivity contribution in [2.75, 3.05) is 34.3 Å². The fourth-order valence-electron chi connectivity index (χ4n) is 1.85. The molecule has 0 radical (unpaired) electrons. The molecule has 1 unspecified atom stereocenters. The van der Waals surface area contributed by atoms with Crippen LogP contribution in [0.15, 0.2) is 29.3 Å². The number of hydrogen-bond donors (Lipinski definition) is 2. The molecule has 0 aliphatic carbocycles. The van der Waals surface area contributed by atoms with Crippen LogP contribution < -0.4 is 15.4 Å². The molecule has 0 saturated carbocycles. The third-order valence-corrected chi connectivity index (χ3v) is 3.75. The molecular formula is C18H32N4O. The van der Waals surface area contributed by atoms with Crippen molar-refractivity contribution in [3.63, 3.8) is 0 Å². The normalized spacial score (nSPS) is 13.3. The van der Waals surface area contributed by atoms with Crippen LogP contribution in [0.4, 0.5) is 0 Å². The Kier molecular flexibility index (Phi) is 8.48. The first-order valence-corrected chi connectivity index (χ1v) is 8.26. The molecule has 5 nitrogen and oxygen atoms in total. The average Bonchev–Trinajstić information content (AvgIpc) is 2.51. The molecule has 1 atom stereocenters. The first-order chi connectivity index (χ1) is 10.9. The van der Waals surface area contributed by atoms with Crippen LogP contribution in [0.1, 0.15) is 26.3 Å². The standard InChI is InChI=1S/C18H32N4O/c1-14(2)15(3)21-18(19-4)20-13-16-8-7-9-17(12-16)23-11-10-22(5)6/h7-9,12,14-15H,10-11,13H2,1-6H3,(H2,19,20,21). The number of likely N-dealkylation sites (N-methyl/N-ethyl adjacent to an activating group) is 1. The molecule has 5 heteroatoms. The molecule has 0 aromatic heterocycles. The number of nitrogens with one attached hydrogen (secondary N) is 2. The van der Waals surface area contributed by atoms with Gasteiger partial charge in [-0.25, -0.2) is 0 Å². The summed E-state index contributed by atoms with van der Waals surface area (Å²) in [6, 6.07) is 8.55. The predicted octanol–water partition coefficient (Wildman–Crippen LogP) is 2.34. The van der Waals surface area contributed by atoms with Gasteiger partial charge >= 0.3 is 0 Å². The molecule has 0 fully saturated rings. The Labute approximate surface area is 141 Å². The van der Waals surface area contributed by atoms with Gasteiger partial charge in [0.05, 0.1) is 0 Å². The van der Waals surface area contributed by atoms with E-state index in [1.807, 2.05) is 26.2 Å². The first kappa shape index (κ1) is 19.3. The van der Waals surface area contributed by atoms with Crippen LogP contribution in [-0.2, 0) is 6.54 Å². The molecule has 0 heterocycles. The third kappa shape index (κ3) is 7.88. The zero-order valence-corrected chi connectivity index (χ0v) is 15.4. The van der Waals surface area contributed by atoms with Crippen LogP contribution in [0.25, 0.3) is 0 Å². The summed E-state index contributed by atoms with van der Waals surface area (Å²) in [6.45, 7) is 8.87. The Balaban J connectivity index is 2.50. The minimum absolute atomic E-state index is 0.377. The lowest BCUT2D eigenvalue weighted by atomic mass is 10.1. The van der Waals surface area contributed by atoms with E-state index in [1.165, 1.54) is 5.56 Å². The smallest absolute Gasteiger partial charge is 0.191 e. The summed E-state index contributed by atoms with van der Waals surface area (Å²) in [6.07, 6.45) is 0. The highest BCUT2D eigenvalue weighted by Gasteiger charge is 2.08. The van der Waals surface area contributed by atoms with Crippen molar-refractivity contribution in [2.45, 2.75) is 33.4 Å². The van der Waals surface area contributed by atoms with Gasteiger partial charge in [0, 0.05) is 26.2 Å². The molecule has 1 aromatic rings. The van der Waals surface area contributed by atoms with E-state index in [0.29, 0.717) is 18.6 Å². The Bertz CT molecular complexity index is 486. The van der Waals surface area contributed by atoms with E-state index >= 15 is 0 Å². The van der Waals surface area contributed by atoms with Crippen LogP contribution in [0, 0.1) is 5.92 Å². The molecule has 1 aromatic carbocycles. The van der Waals surface area contributed by atoms with Gasteiger partial charge < -0.3 is 20.3 Å². The lowest BCUT2D eigenvalue weighted by molar-refractivity contribution is 0.261. The van der Waals surface area contributed by atoms with Gasteiger partial charge in [0.2, 0.25) is 0 Å². The molecule has 1 rings (SSSR count). The van der Waals surface area contributed by atoms with E-state index in [1.54, 1.807) is 7.05 Å². The summed E-state index contributed by atoms with van der Waals surface area (Å²) in [5, 5.41) is 6.75. The summed E-state index contributed by atoms with van der Waals surface area (Å²) in [5.74, 6) is 2.29. The average molecular weight is 320 g/mol. The van der Waals surface area contributed by atoms with Gasteiger partial charge in [-0.05, 0) is 44.6 Å². The number of aliphatic imine (C=N–C) groups is 1. The molecule has 23 heavy (non-hydrogen) atoms. The van der Waals surface area contributed by atoms with E-state index < -0.39 is 0 Å². The molecular weight excluding hydrogens is 288 g/mol. The van der Waals surface area contributed by atoms with Crippen molar-refractivity contribution in [1.29, 1.82) is 0 Å². The molecule has 0 spiro atoms. The Hall–Kier alpha value is -1.75. The van der Waals surface area contributed by atoms with Crippen molar-refractivity contribution in [3.05, 3.63) is 29.8 Å². The van der Waals surface area contributed by atoms with Crippen molar-refractivity contribution >= 4 is 5.96 Å². The summed E-state index contributed by atoms with van der Waals surface area (Å²) in [5.41, 5.74) is 1.17. The third-order valence-electron chi connectivity index (χ3n) is 3.75. The van der Waals surface area contributed by atoms with Gasteiger partial charge in [-0.3, -0.25) is 4.99 Å².